The summed E-state index contributed by atoms with van der Waals surface area (Å²) < 4.78 is 9.29. The van der Waals surface area contributed by atoms with Crippen molar-refractivity contribution in [2.75, 3.05) is 10.6 Å². The first kappa shape index (κ1) is 10.9. The Morgan fingerprint density at radius 3 is 2.53 bits per heavy atom. The molecule has 0 unspecified atom stereocenters. The van der Waals surface area contributed by atoms with E-state index in [4.69, 9.17) is 4.42 Å². The zero-order chi connectivity index (χ0) is 12.3. The van der Waals surface area contributed by atoms with Crippen molar-refractivity contribution >= 4 is 23.5 Å². The molecular formula is C9H8N4O4. The number of anilines is 2. The second-order valence-corrected chi connectivity index (χ2v) is 3.07. The molecule has 0 saturated heterocycles. The maximum absolute atomic E-state index is 11.6. The van der Waals surface area contributed by atoms with Crippen LogP contribution in [0.4, 0.5) is 11.6 Å². The predicted molar refractivity (Wildman–Crippen MR) is 55.3 cm³/mol. The van der Waals surface area contributed by atoms with Crippen LogP contribution in [0.15, 0.2) is 27.4 Å². The van der Waals surface area contributed by atoms with E-state index in [1.165, 1.54) is 19.3 Å². The van der Waals surface area contributed by atoms with Gasteiger partial charge in [-0.3, -0.25) is 14.9 Å². The molecule has 0 aliphatic heterocycles. The molecule has 0 saturated carbocycles. The van der Waals surface area contributed by atoms with Crippen LogP contribution in [0.5, 0.6) is 0 Å². The van der Waals surface area contributed by atoms with Gasteiger partial charge in [-0.1, -0.05) is 0 Å². The summed E-state index contributed by atoms with van der Waals surface area (Å²) in [4.78, 5) is 22.4. The minimum Gasteiger partial charge on any atom is -0.459 e. The van der Waals surface area contributed by atoms with Crippen LogP contribution in [0.25, 0.3) is 0 Å². The number of carbonyl (C=O) groups excluding carboxylic acids is 2. The Morgan fingerprint density at radius 1 is 1.24 bits per heavy atom. The van der Waals surface area contributed by atoms with Crippen molar-refractivity contribution in [2.45, 2.75) is 6.92 Å². The van der Waals surface area contributed by atoms with Crippen LogP contribution in [0, 0.1) is 0 Å². The Kier molecular flexibility index (Phi) is 2.86. The fraction of sp³-hybridized carbons (Fsp3) is 0.111. The molecule has 2 N–H and O–H groups in total. The van der Waals surface area contributed by atoms with Crippen molar-refractivity contribution in [3.8, 4) is 0 Å². The molecule has 2 rings (SSSR count). The Bertz CT molecular complexity index is 531. The van der Waals surface area contributed by atoms with Crippen molar-refractivity contribution in [1.82, 2.24) is 10.3 Å². The van der Waals surface area contributed by atoms with Gasteiger partial charge in [-0.15, -0.1) is 0 Å². The maximum atomic E-state index is 11.6. The van der Waals surface area contributed by atoms with E-state index in [0.717, 1.165) is 0 Å². The van der Waals surface area contributed by atoms with Crippen molar-refractivity contribution in [2.24, 2.45) is 0 Å². The molecule has 2 aromatic heterocycles. The zero-order valence-corrected chi connectivity index (χ0v) is 8.76. The van der Waals surface area contributed by atoms with Crippen LogP contribution < -0.4 is 10.6 Å². The molecule has 0 atom stereocenters. The lowest BCUT2D eigenvalue weighted by atomic mass is 10.4. The molecule has 17 heavy (non-hydrogen) atoms. The minimum atomic E-state index is -0.516. The standard InChI is InChI=1S/C9H8N4O4/c1-5(14)10-7-8(13-17-12-7)11-9(15)6-3-2-4-16-6/h2-4H,1H3,(H,10,12,14)(H,11,13,15). The molecule has 0 radical (unpaired) electrons. The van der Waals surface area contributed by atoms with Gasteiger partial charge in [0.15, 0.2) is 5.76 Å². The zero-order valence-electron chi connectivity index (χ0n) is 8.76. The highest BCUT2D eigenvalue weighted by Crippen LogP contribution is 2.16. The lowest BCUT2D eigenvalue weighted by molar-refractivity contribution is -0.114. The smallest absolute Gasteiger partial charge is 0.292 e. The van der Waals surface area contributed by atoms with Crippen LogP contribution in [-0.2, 0) is 4.79 Å². The molecule has 2 heterocycles. The van der Waals surface area contributed by atoms with Crippen molar-refractivity contribution in [3.05, 3.63) is 24.2 Å². The fourth-order valence-corrected chi connectivity index (χ4v) is 1.10. The summed E-state index contributed by atoms with van der Waals surface area (Å²) in [6, 6.07) is 3.06. The van der Waals surface area contributed by atoms with E-state index in [9.17, 15) is 9.59 Å². The highest BCUT2D eigenvalue weighted by molar-refractivity contribution is 6.04. The summed E-state index contributed by atoms with van der Waals surface area (Å²) in [5.74, 6) is -0.702. The van der Waals surface area contributed by atoms with Crippen molar-refractivity contribution < 1.29 is 18.6 Å². The number of furan rings is 1. The Balaban J connectivity index is 2.11. The van der Waals surface area contributed by atoms with Gasteiger partial charge in [0.05, 0.1) is 6.26 Å². The van der Waals surface area contributed by atoms with Crippen LogP contribution in [0.2, 0.25) is 0 Å². The van der Waals surface area contributed by atoms with Gasteiger partial charge in [0, 0.05) is 6.92 Å². The summed E-state index contributed by atoms with van der Waals surface area (Å²) >= 11 is 0. The number of carbonyl (C=O) groups is 2. The van der Waals surface area contributed by atoms with Crippen molar-refractivity contribution in [3.63, 3.8) is 0 Å². The van der Waals surface area contributed by atoms with Crippen LogP contribution in [-0.4, -0.2) is 22.1 Å². The average Bonchev–Trinajstić information content (AvgIpc) is 2.89. The maximum Gasteiger partial charge on any atom is 0.292 e. The lowest BCUT2D eigenvalue weighted by Gasteiger charge is -2.00. The number of aromatic nitrogens is 2. The molecule has 0 aromatic carbocycles. The Labute approximate surface area is 94.9 Å². The predicted octanol–water partition coefficient (Wildman–Crippen LogP) is 0.873. The molecule has 0 spiro atoms. The van der Waals surface area contributed by atoms with Crippen molar-refractivity contribution in [1.29, 1.82) is 0 Å². The van der Waals surface area contributed by atoms with Gasteiger partial charge in [-0.05, 0) is 22.4 Å². The quantitative estimate of drug-likeness (QED) is 0.818. The third-order valence-electron chi connectivity index (χ3n) is 1.76. The number of hydrogen-bond acceptors (Lipinski definition) is 6. The van der Waals surface area contributed by atoms with Gasteiger partial charge in [0.2, 0.25) is 17.5 Å². The first-order valence-corrected chi connectivity index (χ1v) is 4.62. The second-order valence-electron chi connectivity index (χ2n) is 3.07. The molecular weight excluding hydrogens is 228 g/mol. The Morgan fingerprint density at radius 2 is 1.94 bits per heavy atom. The van der Waals surface area contributed by atoms with Gasteiger partial charge in [-0.25, -0.2) is 4.63 Å². The van der Waals surface area contributed by atoms with Crippen LogP contribution in [0.1, 0.15) is 17.5 Å². The SMILES string of the molecule is CC(=O)Nc1nonc1NC(=O)c1ccco1. The minimum absolute atomic E-state index is 0.0154. The number of rotatable bonds is 3. The highest BCUT2D eigenvalue weighted by Gasteiger charge is 2.16. The summed E-state index contributed by atoms with van der Waals surface area (Å²) in [6.07, 6.45) is 1.37. The van der Waals surface area contributed by atoms with E-state index in [-0.39, 0.29) is 23.3 Å². The Hall–Kier alpha value is -2.64. The second kappa shape index (κ2) is 4.47. The largest absolute Gasteiger partial charge is 0.459 e. The van der Waals surface area contributed by atoms with Gasteiger partial charge >= 0.3 is 0 Å². The molecule has 8 heteroatoms. The van der Waals surface area contributed by atoms with Gasteiger partial charge in [0.1, 0.15) is 0 Å². The number of hydrogen-bond donors (Lipinski definition) is 2. The van der Waals surface area contributed by atoms with E-state index in [1.54, 1.807) is 6.07 Å². The topological polar surface area (TPSA) is 110 Å². The molecule has 0 aliphatic rings. The van der Waals surface area contributed by atoms with Gasteiger partial charge < -0.3 is 9.73 Å². The van der Waals surface area contributed by atoms with Crippen LogP contribution in [0.3, 0.4) is 0 Å². The normalized spacial score (nSPS) is 9.94. The van der Waals surface area contributed by atoms with Crippen LogP contribution >= 0.6 is 0 Å². The number of amides is 2. The summed E-state index contributed by atoms with van der Waals surface area (Å²) in [5, 5.41) is 11.6. The molecule has 8 nitrogen and oxygen atoms in total. The summed E-state index contributed by atoms with van der Waals surface area (Å²) in [6.45, 7) is 1.30. The van der Waals surface area contributed by atoms with E-state index in [1.807, 2.05) is 0 Å². The lowest BCUT2D eigenvalue weighted by Crippen LogP contribution is -2.14. The fourth-order valence-electron chi connectivity index (χ4n) is 1.10. The van der Waals surface area contributed by atoms with Gasteiger partial charge in [-0.2, -0.15) is 0 Å². The molecule has 0 fully saturated rings. The first-order chi connectivity index (χ1) is 8.16. The molecule has 2 amide bonds. The summed E-state index contributed by atoms with van der Waals surface area (Å²) in [5.41, 5.74) is 0. The highest BCUT2D eigenvalue weighted by atomic mass is 16.6. The molecule has 88 valence electrons. The van der Waals surface area contributed by atoms with E-state index in [2.05, 4.69) is 25.6 Å². The number of nitrogens with zero attached hydrogens (tertiary/aromatic N) is 2. The summed E-state index contributed by atoms with van der Waals surface area (Å²) in [7, 11) is 0. The van der Waals surface area contributed by atoms with E-state index in [0.29, 0.717) is 0 Å². The molecule has 0 aliphatic carbocycles. The number of nitrogens with one attached hydrogen (secondary N) is 2. The first-order valence-electron chi connectivity index (χ1n) is 4.62. The molecule has 0 bridgehead atoms. The van der Waals surface area contributed by atoms with E-state index < -0.39 is 5.91 Å². The van der Waals surface area contributed by atoms with Gasteiger partial charge in [0.25, 0.3) is 5.91 Å². The third-order valence-corrected chi connectivity index (χ3v) is 1.76. The average molecular weight is 236 g/mol. The van der Waals surface area contributed by atoms with E-state index >= 15 is 0 Å². The third kappa shape index (κ3) is 2.48. The molecule has 2 aromatic rings. The monoisotopic (exact) mass is 236 g/mol.